The number of hydrogen-bond donors (Lipinski definition) is 0. The van der Waals surface area contributed by atoms with Crippen LogP contribution in [0.15, 0.2) is 60.7 Å². The van der Waals surface area contributed by atoms with Gasteiger partial charge in [0.2, 0.25) is 5.91 Å². The van der Waals surface area contributed by atoms with Crippen LogP contribution in [0.4, 0.5) is 0 Å². The molecule has 4 aromatic rings. The highest BCUT2D eigenvalue weighted by Crippen LogP contribution is 2.24. The number of rotatable bonds is 5. The second-order valence-corrected chi connectivity index (χ2v) is 7.79. The molecule has 3 aromatic carbocycles. The third-order valence-corrected chi connectivity index (χ3v) is 5.77. The van der Waals surface area contributed by atoms with Crippen molar-refractivity contribution >= 4 is 27.6 Å². The van der Waals surface area contributed by atoms with E-state index in [1.54, 1.807) is 12.0 Å². The number of carbonyl (C=O) groups is 1. The van der Waals surface area contributed by atoms with Gasteiger partial charge in [0.1, 0.15) is 5.75 Å². The molecule has 1 aromatic heterocycles. The minimum Gasteiger partial charge on any atom is -0.497 e. The molecular weight excluding hydrogens is 372 g/mol. The van der Waals surface area contributed by atoms with Crippen molar-refractivity contribution in [2.75, 3.05) is 14.2 Å². The number of para-hydroxylation sites is 1. The topological polar surface area (TPSA) is 42.4 Å². The average Bonchev–Trinajstić information content (AvgIpc) is 2.76. The minimum absolute atomic E-state index is 0.0908. The number of aromatic nitrogens is 1. The quantitative estimate of drug-likeness (QED) is 0.463. The van der Waals surface area contributed by atoms with Crippen LogP contribution in [0, 0.1) is 13.8 Å². The van der Waals surface area contributed by atoms with Gasteiger partial charge in [0.15, 0.2) is 0 Å². The van der Waals surface area contributed by atoms with Crippen LogP contribution in [0.2, 0.25) is 0 Å². The maximum atomic E-state index is 13.0. The van der Waals surface area contributed by atoms with Crippen LogP contribution >= 0.6 is 0 Å². The van der Waals surface area contributed by atoms with Crippen molar-refractivity contribution < 1.29 is 9.53 Å². The lowest BCUT2D eigenvalue weighted by molar-refractivity contribution is -0.129. The predicted octanol–water partition coefficient (Wildman–Crippen LogP) is 5.21. The van der Waals surface area contributed by atoms with E-state index in [2.05, 4.69) is 31.2 Å². The first-order chi connectivity index (χ1) is 14.5. The monoisotopic (exact) mass is 398 g/mol. The van der Waals surface area contributed by atoms with E-state index in [9.17, 15) is 4.79 Å². The van der Waals surface area contributed by atoms with Crippen LogP contribution in [0.25, 0.3) is 21.7 Å². The molecule has 0 N–H and O–H groups in total. The zero-order valence-corrected chi connectivity index (χ0v) is 17.9. The van der Waals surface area contributed by atoms with Gasteiger partial charge in [-0.25, -0.2) is 0 Å². The van der Waals surface area contributed by atoms with Gasteiger partial charge in [0, 0.05) is 24.7 Å². The van der Waals surface area contributed by atoms with E-state index < -0.39 is 0 Å². The molecule has 1 heterocycles. The Labute approximate surface area is 177 Å². The van der Waals surface area contributed by atoms with Gasteiger partial charge in [0.05, 0.1) is 19.0 Å². The van der Waals surface area contributed by atoms with Gasteiger partial charge in [-0.1, -0.05) is 36.4 Å². The fourth-order valence-electron chi connectivity index (χ4n) is 3.98. The van der Waals surface area contributed by atoms with Crippen LogP contribution in [0.5, 0.6) is 5.75 Å². The molecule has 30 heavy (non-hydrogen) atoms. The Balaban J connectivity index is 1.53. The number of pyridine rings is 1. The lowest BCUT2D eigenvalue weighted by Gasteiger charge is -2.19. The number of aryl methyl sites for hydroxylation is 2. The molecule has 0 fully saturated rings. The molecule has 0 atom stereocenters. The molecule has 152 valence electrons. The highest BCUT2D eigenvalue weighted by atomic mass is 16.5. The summed E-state index contributed by atoms with van der Waals surface area (Å²) in [6.45, 7) is 4.64. The van der Waals surface area contributed by atoms with Crippen molar-refractivity contribution in [3.63, 3.8) is 0 Å². The van der Waals surface area contributed by atoms with Gasteiger partial charge in [-0.3, -0.25) is 9.78 Å². The van der Waals surface area contributed by atoms with Crippen molar-refractivity contribution in [3.8, 4) is 5.75 Å². The third-order valence-electron chi connectivity index (χ3n) is 5.77. The van der Waals surface area contributed by atoms with Crippen molar-refractivity contribution in [2.24, 2.45) is 0 Å². The number of benzene rings is 3. The molecule has 0 unspecified atom stereocenters. The summed E-state index contributed by atoms with van der Waals surface area (Å²) >= 11 is 0. The number of hydrogen-bond acceptors (Lipinski definition) is 3. The molecule has 0 aliphatic heterocycles. The van der Waals surface area contributed by atoms with Crippen molar-refractivity contribution in [1.29, 1.82) is 0 Å². The summed E-state index contributed by atoms with van der Waals surface area (Å²) in [4.78, 5) is 19.5. The van der Waals surface area contributed by atoms with Gasteiger partial charge >= 0.3 is 0 Å². The van der Waals surface area contributed by atoms with E-state index in [-0.39, 0.29) is 5.91 Å². The Kier molecular flexibility index (Phi) is 5.40. The predicted molar refractivity (Wildman–Crippen MR) is 122 cm³/mol. The molecule has 4 rings (SSSR count). The maximum absolute atomic E-state index is 13.0. The molecule has 0 radical (unpaired) electrons. The highest BCUT2D eigenvalue weighted by Gasteiger charge is 2.16. The minimum atomic E-state index is 0.0908. The molecule has 4 heteroatoms. The number of ether oxygens (including phenoxy) is 1. The molecule has 0 aliphatic rings. The highest BCUT2D eigenvalue weighted by molar-refractivity contribution is 5.87. The maximum Gasteiger partial charge on any atom is 0.227 e. The van der Waals surface area contributed by atoms with E-state index >= 15 is 0 Å². The molecule has 0 spiro atoms. The summed E-state index contributed by atoms with van der Waals surface area (Å²) in [6.07, 6.45) is 0.358. The summed E-state index contributed by atoms with van der Waals surface area (Å²) in [5.74, 6) is 0.936. The number of likely N-dealkylation sites (N-methyl/N-ethyl adjacent to an activating group) is 1. The third kappa shape index (κ3) is 3.86. The second-order valence-electron chi connectivity index (χ2n) is 7.79. The normalized spacial score (nSPS) is 11.1. The van der Waals surface area contributed by atoms with Gasteiger partial charge < -0.3 is 9.64 Å². The number of fused-ring (bicyclic) bond motifs is 2. The van der Waals surface area contributed by atoms with Crippen LogP contribution < -0.4 is 4.74 Å². The summed E-state index contributed by atoms with van der Waals surface area (Å²) in [7, 11) is 3.53. The molecular formula is C26H26N2O2. The van der Waals surface area contributed by atoms with Crippen LogP contribution in [0.3, 0.4) is 0 Å². The standard InChI is InChI=1S/C26H26N2O2/c1-17-23-7-5-6-8-25(23)27-18(2)24(17)15-26(29)28(3)16-19-9-10-21-14-22(30-4)12-11-20(21)13-19/h5-14H,15-16H2,1-4H3. The fraction of sp³-hybridized carbons (Fsp3) is 0.231. The Morgan fingerprint density at radius 2 is 1.73 bits per heavy atom. The molecule has 0 bridgehead atoms. The number of carbonyl (C=O) groups excluding carboxylic acids is 1. The molecule has 4 nitrogen and oxygen atoms in total. The summed E-state index contributed by atoms with van der Waals surface area (Å²) in [5, 5.41) is 3.37. The first kappa shape index (κ1) is 19.9. The van der Waals surface area contributed by atoms with Gasteiger partial charge in [-0.15, -0.1) is 0 Å². The van der Waals surface area contributed by atoms with E-state index in [1.165, 1.54) is 0 Å². The number of nitrogens with zero attached hydrogens (tertiary/aromatic N) is 2. The largest absolute Gasteiger partial charge is 0.497 e. The van der Waals surface area contributed by atoms with Crippen LogP contribution in [-0.2, 0) is 17.8 Å². The SMILES string of the molecule is COc1ccc2cc(CN(C)C(=O)Cc3c(C)nc4ccccc4c3C)ccc2c1. The van der Waals surface area contributed by atoms with Crippen molar-refractivity contribution in [3.05, 3.63) is 83.0 Å². The molecule has 0 saturated carbocycles. The first-order valence-corrected chi connectivity index (χ1v) is 10.1. The zero-order valence-electron chi connectivity index (χ0n) is 17.9. The number of methoxy groups -OCH3 is 1. The van der Waals surface area contributed by atoms with Gasteiger partial charge in [-0.05, 0) is 65.6 Å². The van der Waals surface area contributed by atoms with Crippen molar-refractivity contribution in [1.82, 2.24) is 9.88 Å². The van der Waals surface area contributed by atoms with Gasteiger partial charge in [-0.2, -0.15) is 0 Å². The Hall–Kier alpha value is -3.40. The lowest BCUT2D eigenvalue weighted by Crippen LogP contribution is -2.28. The van der Waals surface area contributed by atoms with Crippen molar-refractivity contribution in [2.45, 2.75) is 26.8 Å². The number of amides is 1. The van der Waals surface area contributed by atoms with E-state index in [0.29, 0.717) is 13.0 Å². The molecule has 1 amide bonds. The lowest BCUT2D eigenvalue weighted by atomic mass is 9.99. The average molecular weight is 399 g/mol. The van der Waals surface area contributed by atoms with E-state index in [1.807, 2.05) is 50.4 Å². The fourth-order valence-corrected chi connectivity index (χ4v) is 3.98. The summed E-state index contributed by atoms with van der Waals surface area (Å²) in [6, 6.07) is 20.4. The van der Waals surface area contributed by atoms with E-state index in [4.69, 9.17) is 9.72 Å². The second kappa shape index (κ2) is 8.15. The summed E-state index contributed by atoms with van der Waals surface area (Å²) < 4.78 is 5.29. The first-order valence-electron chi connectivity index (χ1n) is 10.1. The van der Waals surface area contributed by atoms with Crippen LogP contribution in [-0.4, -0.2) is 29.9 Å². The van der Waals surface area contributed by atoms with Gasteiger partial charge in [0.25, 0.3) is 0 Å². The van der Waals surface area contributed by atoms with E-state index in [0.717, 1.165) is 49.8 Å². The Morgan fingerprint density at radius 1 is 1.00 bits per heavy atom. The molecule has 0 saturated heterocycles. The zero-order chi connectivity index (χ0) is 21.3. The molecule has 0 aliphatic carbocycles. The summed E-state index contributed by atoms with van der Waals surface area (Å²) in [5.41, 5.74) is 5.17. The smallest absolute Gasteiger partial charge is 0.227 e. The Morgan fingerprint density at radius 3 is 2.53 bits per heavy atom. The Bertz CT molecular complexity index is 1250. The van der Waals surface area contributed by atoms with Crippen LogP contribution in [0.1, 0.15) is 22.4 Å².